The Morgan fingerprint density at radius 2 is 2.33 bits per heavy atom. The molecule has 1 aromatic heterocycles. The second-order valence-electron chi connectivity index (χ2n) is 3.06. The van der Waals surface area contributed by atoms with Crippen LogP contribution in [0.4, 0.5) is 0 Å². The van der Waals surface area contributed by atoms with Gasteiger partial charge in [0.15, 0.2) is 0 Å². The zero-order valence-corrected chi connectivity index (χ0v) is 8.32. The molecule has 0 aliphatic heterocycles. The minimum absolute atomic E-state index is 0.260. The summed E-state index contributed by atoms with van der Waals surface area (Å²) in [6.45, 7) is 5.42. The fraction of sp³-hybridized carbons (Fsp3) is 0.556. The predicted molar refractivity (Wildman–Crippen MR) is 52.4 cm³/mol. The third-order valence-electron chi connectivity index (χ3n) is 1.72. The lowest BCUT2D eigenvalue weighted by molar-refractivity contribution is 0.191. The molecule has 0 spiro atoms. The lowest BCUT2D eigenvalue weighted by Crippen LogP contribution is -2.23. The van der Waals surface area contributed by atoms with Crippen LogP contribution in [0.1, 0.15) is 18.1 Å². The number of hydrogen-bond donors (Lipinski definition) is 2. The van der Waals surface area contributed by atoms with E-state index in [1.165, 1.54) is 11.1 Å². The van der Waals surface area contributed by atoms with Gasteiger partial charge in [-0.1, -0.05) is 0 Å². The molecular weight excluding hydrogens is 170 g/mol. The monoisotopic (exact) mass is 185 g/mol. The Labute approximate surface area is 77.2 Å². The van der Waals surface area contributed by atoms with Gasteiger partial charge in [0.2, 0.25) is 0 Å². The van der Waals surface area contributed by atoms with Crippen molar-refractivity contribution >= 4 is 11.3 Å². The zero-order valence-electron chi connectivity index (χ0n) is 7.50. The summed E-state index contributed by atoms with van der Waals surface area (Å²) in [4.78, 5) is 0. The second-order valence-corrected chi connectivity index (χ2v) is 3.80. The van der Waals surface area contributed by atoms with Crippen LogP contribution in [0.5, 0.6) is 0 Å². The summed E-state index contributed by atoms with van der Waals surface area (Å²) in [6, 6.07) is 0. The van der Waals surface area contributed by atoms with Crippen LogP contribution in [0.15, 0.2) is 10.8 Å². The fourth-order valence-corrected chi connectivity index (χ4v) is 1.84. The van der Waals surface area contributed by atoms with Crippen molar-refractivity contribution in [1.82, 2.24) is 5.32 Å². The van der Waals surface area contributed by atoms with E-state index in [-0.39, 0.29) is 6.10 Å². The van der Waals surface area contributed by atoms with Crippen molar-refractivity contribution in [2.75, 3.05) is 6.54 Å². The Morgan fingerprint density at radius 3 is 2.83 bits per heavy atom. The Hall–Kier alpha value is -0.380. The molecule has 1 atom stereocenters. The lowest BCUT2D eigenvalue weighted by atomic mass is 10.2. The first kappa shape index (κ1) is 9.71. The normalized spacial score (nSPS) is 13.2. The zero-order chi connectivity index (χ0) is 8.97. The summed E-state index contributed by atoms with van der Waals surface area (Å²) in [5, 5.41) is 16.5. The third-order valence-corrected chi connectivity index (χ3v) is 2.63. The average Bonchev–Trinajstić information content (AvgIpc) is 2.36. The van der Waals surface area contributed by atoms with Crippen molar-refractivity contribution in [3.05, 3.63) is 21.9 Å². The number of nitrogens with one attached hydrogen (secondary N) is 1. The minimum atomic E-state index is -0.260. The number of hydrogen-bond acceptors (Lipinski definition) is 3. The quantitative estimate of drug-likeness (QED) is 0.745. The molecule has 12 heavy (non-hydrogen) atoms. The van der Waals surface area contributed by atoms with E-state index in [1.54, 1.807) is 18.3 Å². The molecule has 1 unspecified atom stereocenters. The second kappa shape index (κ2) is 4.60. The fourth-order valence-electron chi connectivity index (χ4n) is 0.984. The molecule has 2 N–H and O–H groups in total. The van der Waals surface area contributed by atoms with Crippen molar-refractivity contribution in [2.24, 2.45) is 0 Å². The molecule has 1 heterocycles. The van der Waals surface area contributed by atoms with Gasteiger partial charge in [0.1, 0.15) is 0 Å². The smallest absolute Gasteiger partial charge is 0.0636 e. The molecule has 3 heteroatoms. The van der Waals surface area contributed by atoms with Crippen molar-refractivity contribution in [2.45, 2.75) is 26.5 Å². The number of aliphatic hydroxyl groups excluding tert-OH is 1. The van der Waals surface area contributed by atoms with Gasteiger partial charge in [0, 0.05) is 13.1 Å². The SMILES string of the molecule is Cc1cscc1CNCC(C)O. The first-order valence-electron chi connectivity index (χ1n) is 4.10. The summed E-state index contributed by atoms with van der Waals surface area (Å²) in [6.07, 6.45) is -0.260. The Bertz CT molecular complexity index is 232. The summed E-state index contributed by atoms with van der Waals surface area (Å²) in [7, 11) is 0. The van der Waals surface area contributed by atoms with E-state index in [0.717, 1.165) is 6.54 Å². The Kier molecular flexibility index (Phi) is 3.72. The molecule has 0 bridgehead atoms. The van der Waals surface area contributed by atoms with Gasteiger partial charge < -0.3 is 10.4 Å². The molecule has 1 aromatic rings. The molecule has 68 valence electrons. The van der Waals surface area contributed by atoms with Gasteiger partial charge in [0.25, 0.3) is 0 Å². The molecule has 0 saturated carbocycles. The first-order chi connectivity index (χ1) is 5.70. The molecule has 0 aliphatic carbocycles. The van der Waals surface area contributed by atoms with Crippen LogP contribution in [0, 0.1) is 6.92 Å². The van der Waals surface area contributed by atoms with Crippen LogP contribution in [0.3, 0.4) is 0 Å². The summed E-state index contributed by atoms with van der Waals surface area (Å²) >= 11 is 1.72. The van der Waals surface area contributed by atoms with Gasteiger partial charge in [0.05, 0.1) is 6.10 Å². The molecule has 0 aliphatic rings. The number of aryl methyl sites for hydroxylation is 1. The molecule has 0 saturated heterocycles. The maximum Gasteiger partial charge on any atom is 0.0636 e. The van der Waals surface area contributed by atoms with Gasteiger partial charge in [-0.15, -0.1) is 0 Å². The molecule has 0 radical (unpaired) electrons. The van der Waals surface area contributed by atoms with Crippen molar-refractivity contribution in [3.63, 3.8) is 0 Å². The predicted octanol–water partition coefficient (Wildman–Crippen LogP) is 1.53. The number of aliphatic hydroxyl groups is 1. The van der Waals surface area contributed by atoms with Crippen molar-refractivity contribution in [1.29, 1.82) is 0 Å². The highest BCUT2D eigenvalue weighted by atomic mass is 32.1. The van der Waals surface area contributed by atoms with Crippen LogP contribution < -0.4 is 5.32 Å². The van der Waals surface area contributed by atoms with Crippen LogP contribution >= 0.6 is 11.3 Å². The van der Waals surface area contributed by atoms with Gasteiger partial charge >= 0.3 is 0 Å². The van der Waals surface area contributed by atoms with Crippen molar-refractivity contribution in [3.8, 4) is 0 Å². The Balaban J connectivity index is 2.29. The molecule has 0 amide bonds. The van der Waals surface area contributed by atoms with Gasteiger partial charge in [-0.2, -0.15) is 11.3 Å². The van der Waals surface area contributed by atoms with E-state index >= 15 is 0 Å². The highest BCUT2D eigenvalue weighted by Gasteiger charge is 1.99. The average molecular weight is 185 g/mol. The summed E-state index contributed by atoms with van der Waals surface area (Å²) in [5.74, 6) is 0. The summed E-state index contributed by atoms with van der Waals surface area (Å²) < 4.78 is 0. The number of thiophene rings is 1. The van der Waals surface area contributed by atoms with Crippen LogP contribution in [0.25, 0.3) is 0 Å². The molecule has 2 nitrogen and oxygen atoms in total. The standard InChI is InChI=1S/C9H15NOS/c1-7-5-12-6-9(7)4-10-3-8(2)11/h5-6,8,10-11H,3-4H2,1-2H3. The van der Waals surface area contributed by atoms with E-state index < -0.39 is 0 Å². The van der Waals surface area contributed by atoms with E-state index in [1.807, 2.05) is 0 Å². The van der Waals surface area contributed by atoms with Gasteiger partial charge in [-0.3, -0.25) is 0 Å². The highest BCUT2D eigenvalue weighted by molar-refractivity contribution is 7.08. The van der Waals surface area contributed by atoms with E-state index in [2.05, 4.69) is 23.0 Å². The van der Waals surface area contributed by atoms with Crippen LogP contribution in [-0.2, 0) is 6.54 Å². The van der Waals surface area contributed by atoms with Gasteiger partial charge in [-0.25, -0.2) is 0 Å². The number of rotatable bonds is 4. The largest absolute Gasteiger partial charge is 0.392 e. The minimum Gasteiger partial charge on any atom is -0.392 e. The molecule has 0 aromatic carbocycles. The lowest BCUT2D eigenvalue weighted by Gasteiger charge is -2.05. The topological polar surface area (TPSA) is 32.3 Å². The van der Waals surface area contributed by atoms with Crippen molar-refractivity contribution < 1.29 is 5.11 Å². The van der Waals surface area contributed by atoms with Gasteiger partial charge in [-0.05, 0) is 35.7 Å². The third kappa shape index (κ3) is 2.93. The van der Waals surface area contributed by atoms with E-state index in [9.17, 15) is 0 Å². The molecule has 0 fully saturated rings. The maximum atomic E-state index is 8.99. The molecule has 1 rings (SSSR count). The van der Waals surface area contributed by atoms with Crippen LogP contribution in [0.2, 0.25) is 0 Å². The van der Waals surface area contributed by atoms with E-state index in [0.29, 0.717) is 6.54 Å². The highest BCUT2D eigenvalue weighted by Crippen LogP contribution is 2.12. The maximum absolute atomic E-state index is 8.99. The van der Waals surface area contributed by atoms with Crippen LogP contribution in [-0.4, -0.2) is 17.8 Å². The van der Waals surface area contributed by atoms with E-state index in [4.69, 9.17) is 5.11 Å². The molecular formula is C9H15NOS. The summed E-state index contributed by atoms with van der Waals surface area (Å²) in [5.41, 5.74) is 2.67. The Morgan fingerprint density at radius 1 is 1.58 bits per heavy atom. The first-order valence-corrected chi connectivity index (χ1v) is 5.05.